The molecule has 2 atom stereocenters. The standard InChI is InChI=1S/C21H27NO9/c1-4-18(31-21(25)29-15-7-9-26-10-8-15)30-20(24)22(3)13(2)19(23)14-5-6-16-17(11-14)28-12-27-16/h5-6,11,13,15,18H,4,7-10,12H2,1-3H3. The molecule has 0 radical (unpaired) electrons. The second kappa shape index (κ2) is 10.3. The first-order valence-corrected chi connectivity index (χ1v) is 10.2. The molecule has 2 unspecified atom stereocenters. The Labute approximate surface area is 180 Å². The summed E-state index contributed by atoms with van der Waals surface area (Å²) in [6, 6.07) is 4.01. The van der Waals surface area contributed by atoms with Crippen LogP contribution in [0.15, 0.2) is 18.2 Å². The SMILES string of the molecule is CCC(OC(=O)OC1CCOCC1)OC(=O)N(C)C(C)C(=O)c1ccc2c(c1)OCO2. The molecule has 1 amide bonds. The van der Waals surface area contributed by atoms with E-state index >= 15 is 0 Å². The van der Waals surface area contributed by atoms with E-state index in [1.165, 1.54) is 7.05 Å². The molecule has 1 saturated heterocycles. The van der Waals surface area contributed by atoms with Crippen molar-refractivity contribution in [2.45, 2.75) is 51.5 Å². The number of hydrogen-bond donors (Lipinski definition) is 0. The fourth-order valence-electron chi connectivity index (χ4n) is 3.08. The van der Waals surface area contributed by atoms with Crippen LogP contribution >= 0.6 is 0 Å². The van der Waals surface area contributed by atoms with Gasteiger partial charge in [0.05, 0.1) is 19.3 Å². The molecular formula is C21H27NO9. The molecule has 2 aliphatic heterocycles. The zero-order chi connectivity index (χ0) is 22.4. The summed E-state index contributed by atoms with van der Waals surface area (Å²) in [6.45, 7) is 4.41. The second-order valence-corrected chi connectivity index (χ2v) is 7.24. The van der Waals surface area contributed by atoms with Crippen molar-refractivity contribution in [3.8, 4) is 11.5 Å². The van der Waals surface area contributed by atoms with Gasteiger partial charge in [-0.15, -0.1) is 0 Å². The number of hydrogen-bond acceptors (Lipinski definition) is 9. The highest BCUT2D eigenvalue weighted by molar-refractivity contribution is 6.01. The first kappa shape index (κ1) is 22.7. The van der Waals surface area contributed by atoms with E-state index < -0.39 is 24.6 Å². The summed E-state index contributed by atoms with van der Waals surface area (Å²) in [5.74, 6) is 0.740. The zero-order valence-corrected chi connectivity index (χ0v) is 17.8. The third-order valence-corrected chi connectivity index (χ3v) is 5.13. The Kier molecular flexibility index (Phi) is 7.56. The van der Waals surface area contributed by atoms with Gasteiger partial charge < -0.3 is 33.3 Å². The zero-order valence-electron chi connectivity index (χ0n) is 17.8. The van der Waals surface area contributed by atoms with E-state index in [1.54, 1.807) is 32.0 Å². The molecule has 170 valence electrons. The van der Waals surface area contributed by atoms with Gasteiger partial charge in [0.1, 0.15) is 6.10 Å². The van der Waals surface area contributed by atoms with Gasteiger partial charge in [-0.3, -0.25) is 4.79 Å². The fourth-order valence-corrected chi connectivity index (χ4v) is 3.08. The lowest BCUT2D eigenvalue weighted by atomic mass is 10.0. The van der Waals surface area contributed by atoms with Crippen LogP contribution in [0, 0.1) is 0 Å². The van der Waals surface area contributed by atoms with E-state index in [0.717, 1.165) is 4.90 Å². The fraction of sp³-hybridized carbons (Fsp3) is 0.571. The van der Waals surface area contributed by atoms with Crippen LogP contribution in [0.25, 0.3) is 0 Å². The Morgan fingerprint density at radius 1 is 1.13 bits per heavy atom. The molecule has 0 saturated carbocycles. The van der Waals surface area contributed by atoms with Crippen LogP contribution in [0.5, 0.6) is 11.5 Å². The van der Waals surface area contributed by atoms with Gasteiger partial charge in [-0.25, -0.2) is 9.59 Å². The lowest BCUT2D eigenvalue weighted by molar-refractivity contribution is -0.108. The predicted molar refractivity (Wildman–Crippen MR) is 106 cm³/mol. The van der Waals surface area contributed by atoms with Gasteiger partial charge in [0, 0.05) is 31.9 Å². The van der Waals surface area contributed by atoms with E-state index in [2.05, 4.69) is 0 Å². The molecule has 0 aromatic heterocycles. The Bertz CT molecular complexity index is 806. The van der Waals surface area contributed by atoms with Gasteiger partial charge >= 0.3 is 12.2 Å². The molecule has 10 heteroatoms. The predicted octanol–water partition coefficient (Wildman–Crippen LogP) is 3.12. The van der Waals surface area contributed by atoms with Crippen LogP contribution < -0.4 is 9.47 Å². The lowest BCUT2D eigenvalue weighted by Crippen LogP contribution is -2.42. The van der Waals surface area contributed by atoms with Gasteiger partial charge in [-0.2, -0.15) is 0 Å². The molecule has 3 rings (SSSR count). The molecule has 0 N–H and O–H groups in total. The van der Waals surface area contributed by atoms with E-state index in [1.807, 2.05) is 0 Å². The van der Waals surface area contributed by atoms with Crippen molar-refractivity contribution >= 4 is 18.0 Å². The van der Waals surface area contributed by atoms with E-state index in [9.17, 15) is 14.4 Å². The summed E-state index contributed by atoms with van der Waals surface area (Å²) in [7, 11) is 1.44. The van der Waals surface area contributed by atoms with Crippen LogP contribution in [0.1, 0.15) is 43.5 Å². The van der Waals surface area contributed by atoms with Crippen LogP contribution in [0.3, 0.4) is 0 Å². The number of Topliss-reactive ketones (excluding diaryl/α,β-unsaturated/α-hetero) is 1. The summed E-state index contributed by atoms with van der Waals surface area (Å²) >= 11 is 0. The third kappa shape index (κ3) is 5.78. The average Bonchev–Trinajstić information content (AvgIpc) is 3.25. The number of carbonyl (C=O) groups excluding carboxylic acids is 3. The van der Waals surface area contributed by atoms with Crippen molar-refractivity contribution in [1.29, 1.82) is 0 Å². The van der Waals surface area contributed by atoms with Crippen LogP contribution in [0.4, 0.5) is 9.59 Å². The summed E-state index contributed by atoms with van der Waals surface area (Å²) < 4.78 is 31.3. The Morgan fingerprint density at radius 2 is 1.84 bits per heavy atom. The van der Waals surface area contributed by atoms with Gasteiger partial charge in [-0.1, -0.05) is 6.92 Å². The number of amides is 1. The Morgan fingerprint density at radius 3 is 2.55 bits per heavy atom. The number of likely N-dealkylation sites (N-methyl/N-ethyl adjacent to an activating group) is 1. The largest absolute Gasteiger partial charge is 0.511 e. The molecule has 0 spiro atoms. The summed E-state index contributed by atoms with van der Waals surface area (Å²) in [5.41, 5.74) is 0.375. The summed E-state index contributed by atoms with van der Waals surface area (Å²) in [4.78, 5) is 38.4. The third-order valence-electron chi connectivity index (χ3n) is 5.13. The number of carbonyl (C=O) groups is 3. The molecule has 1 aromatic rings. The second-order valence-electron chi connectivity index (χ2n) is 7.24. The number of ether oxygens (including phenoxy) is 6. The van der Waals surface area contributed by atoms with E-state index in [-0.39, 0.29) is 25.1 Å². The molecule has 2 heterocycles. The van der Waals surface area contributed by atoms with Crippen molar-refractivity contribution in [1.82, 2.24) is 4.90 Å². The normalized spacial score (nSPS) is 17.4. The molecule has 1 aromatic carbocycles. The first-order chi connectivity index (χ1) is 14.9. The molecule has 31 heavy (non-hydrogen) atoms. The average molecular weight is 437 g/mol. The topological polar surface area (TPSA) is 110 Å². The van der Waals surface area contributed by atoms with Gasteiger partial charge in [0.2, 0.25) is 6.79 Å². The smallest absolute Gasteiger partial charge is 0.454 e. The maximum Gasteiger partial charge on any atom is 0.511 e. The van der Waals surface area contributed by atoms with Gasteiger partial charge in [0.15, 0.2) is 17.3 Å². The molecule has 10 nitrogen and oxygen atoms in total. The van der Waals surface area contributed by atoms with Crippen LogP contribution in [-0.2, 0) is 18.9 Å². The molecule has 0 bridgehead atoms. The number of rotatable bonds is 7. The molecule has 1 fully saturated rings. The molecule has 0 aliphatic carbocycles. The van der Waals surface area contributed by atoms with Crippen molar-refractivity contribution in [2.24, 2.45) is 0 Å². The monoisotopic (exact) mass is 437 g/mol. The highest BCUT2D eigenvalue weighted by Crippen LogP contribution is 2.33. The van der Waals surface area contributed by atoms with Gasteiger partial charge in [0.25, 0.3) is 6.29 Å². The minimum absolute atomic E-state index is 0.101. The van der Waals surface area contributed by atoms with Crippen LogP contribution in [0.2, 0.25) is 0 Å². The molecular weight excluding hydrogens is 410 g/mol. The number of benzene rings is 1. The maximum atomic E-state index is 12.8. The maximum absolute atomic E-state index is 12.8. The highest BCUT2D eigenvalue weighted by atomic mass is 16.8. The summed E-state index contributed by atoms with van der Waals surface area (Å²) in [5, 5.41) is 0. The van der Waals surface area contributed by atoms with Crippen molar-refractivity contribution in [3.05, 3.63) is 23.8 Å². The van der Waals surface area contributed by atoms with Crippen molar-refractivity contribution in [3.63, 3.8) is 0 Å². The van der Waals surface area contributed by atoms with Crippen LogP contribution in [-0.4, -0.2) is 68.4 Å². The minimum atomic E-state index is -1.13. The first-order valence-electron chi connectivity index (χ1n) is 10.2. The van der Waals surface area contributed by atoms with E-state index in [0.29, 0.717) is 43.1 Å². The quantitative estimate of drug-likeness (QED) is 0.361. The number of nitrogens with zero attached hydrogens (tertiary/aromatic N) is 1. The summed E-state index contributed by atoms with van der Waals surface area (Å²) in [6.07, 6.45) is -1.70. The molecule has 2 aliphatic rings. The van der Waals surface area contributed by atoms with Gasteiger partial charge in [-0.05, 0) is 25.1 Å². The Hall–Kier alpha value is -3.01. The van der Waals surface area contributed by atoms with Crippen molar-refractivity contribution in [2.75, 3.05) is 27.1 Å². The van der Waals surface area contributed by atoms with Crippen molar-refractivity contribution < 1.29 is 42.8 Å². The lowest BCUT2D eigenvalue weighted by Gasteiger charge is -2.26. The number of fused-ring (bicyclic) bond motifs is 1. The Balaban J connectivity index is 1.52. The number of ketones is 1. The van der Waals surface area contributed by atoms with E-state index in [4.69, 9.17) is 28.4 Å². The minimum Gasteiger partial charge on any atom is -0.454 e. The highest BCUT2D eigenvalue weighted by Gasteiger charge is 2.29.